The Kier molecular flexibility index (Phi) is 6.57. The number of guanidine groups is 1. The summed E-state index contributed by atoms with van der Waals surface area (Å²) in [6.07, 6.45) is 2.79. The molecule has 2 rings (SSSR count). The van der Waals surface area contributed by atoms with E-state index < -0.39 is 0 Å². The Hall–Kier alpha value is -2.12. The Bertz CT molecular complexity index is 579. The molecular weight excluding hydrogens is 306 g/mol. The summed E-state index contributed by atoms with van der Waals surface area (Å²) in [6, 6.07) is 0.278. The third-order valence-electron chi connectivity index (χ3n) is 4.02. The molecule has 0 fully saturated rings. The van der Waals surface area contributed by atoms with Crippen LogP contribution in [0.25, 0.3) is 0 Å². The van der Waals surface area contributed by atoms with E-state index in [1.54, 1.807) is 7.05 Å². The summed E-state index contributed by atoms with van der Waals surface area (Å²) in [5.74, 6) is 2.81. The predicted octanol–water partition coefficient (Wildman–Crippen LogP) is 0.0925. The molecule has 0 aliphatic carbocycles. The molecule has 8 heteroatoms. The van der Waals surface area contributed by atoms with E-state index in [0.29, 0.717) is 13.1 Å². The van der Waals surface area contributed by atoms with Gasteiger partial charge >= 0.3 is 0 Å². The topological polar surface area (TPSA) is 96.2 Å². The van der Waals surface area contributed by atoms with Crippen molar-refractivity contribution < 1.29 is 4.79 Å². The zero-order valence-corrected chi connectivity index (χ0v) is 15.1. The number of carbonyl (C=O) groups excluding carboxylic acids is 1. The molecule has 1 amide bonds. The number of hydrogen-bond acceptors (Lipinski definition) is 4. The van der Waals surface area contributed by atoms with Crippen molar-refractivity contribution in [1.82, 2.24) is 30.7 Å². The highest BCUT2D eigenvalue weighted by atomic mass is 16.1. The van der Waals surface area contributed by atoms with Crippen molar-refractivity contribution in [3.63, 3.8) is 0 Å². The van der Waals surface area contributed by atoms with E-state index in [2.05, 4.69) is 37.9 Å². The largest absolute Gasteiger partial charge is 0.355 e. The highest BCUT2D eigenvalue weighted by molar-refractivity contribution is 5.80. The van der Waals surface area contributed by atoms with Gasteiger partial charge in [-0.15, -0.1) is 0 Å². The van der Waals surface area contributed by atoms with Crippen LogP contribution in [-0.2, 0) is 24.2 Å². The molecule has 2 heterocycles. The highest BCUT2D eigenvalue weighted by Gasteiger charge is 2.21. The van der Waals surface area contributed by atoms with Crippen LogP contribution in [0, 0.1) is 5.92 Å². The Morgan fingerprint density at radius 2 is 2.12 bits per heavy atom. The minimum absolute atomic E-state index is 0.00886. The van der Waals surface area contributed by atoms with Crippen LogP contribution in [0.15, 0.2) is 4.99 Å². The van der Waals surface area contributed by atoms with E-state index in [9.17, 15) is 4.79 Å². The molecule has 0 bridgehead atoms. The summed E-state index contributed by atoms with van der Waals surface area (Å²) in [5, 5.41) is 14.1. The quantitative estimate of drug-likeness (QED) is 0.389. The van der Waals surface area contributed by atoms with Crippen LogP contribution in [-0.4, -0.2) is 52.8 Å². The third kappa shape index (κ3) is 4.94. The molecule has 1 aromatic heterocycles. The second-order valence-electron chi connectivity index (χ2n) is 6.30. The number of hydrogen-bond donors (Lipinski definition) is 3. The minimum Gasteiger partial charge on any atom is -0.355 e. The monoisotopic (exact) mass is 335 g/mol. The van der Waals surface area contributed by atoms with E-state index in [1.807, 2.05) is 18.5 Å². The van der Waals surface area contributed by atoms with Crippen molar-refractivity contribution in [3.05, 3.63) is 11.6 Å². The van der Waals surface area contributed by atoms with Crippen LogP contribution in [0.1, 0.15) is 38.8 Å². The lowest BCUT2D eigenvalue weighted by Crippen LogP contribution is -2.48. The first-order valence-electron chi connectivity index (χ1n) is 8.71. The van der Waals surface area contributed by atoms with Gasteiger partial charge in [0, 0.05) is 44.9 Å². The van der Waals surface area contributed by atoms with Crippen LogP contribution in [0.4, 0.5) is 0 Å². The van der Waals surface area contributed by atoms with Gasteiger partial charge in [-0.25, -0.2) is 9.67 Å². The maximum atomic E-state index is 11.5. The SMILES string of the molecule is CCc1nc2n(n1)CC(NC(=NC)NCCNC(=O)C(C)C)CC2. The summed E-state index contributed by atoms with van der Waals surface area (Å²) in [4.78, 5) is 20.3. The maximum Gasteiger partial charge on any atom is 0.222 e. The first-order valence-corrected chi connectivity index (χ1v) is 8.71. The summed E-state index contributed by atoms with van der Waals surface area (Å²) in [7, 11) is 1.75. The molecule has 1 aromatic rings. The van der Waals surface area contributed by atoms with Crippen molar-refractivity contribution in [1.29, 1.82) is 0 Å². The van der Waals surface area contributed by atoms with Gasteiger partial charge in [-0.3, -0.25) is 9.79 Å². The number of carbonyl (C=O) groups is 1. The number of aryl methyl sites for hydroxylation is 2. The van der Waals surface area contributed by atoms with Crippen molar-refractivity contribution in [3.8, 4) is 0 Å². The summed E-state index contributed by atoms with van der Waals surface area (Å²) >= 11 is 0. The summed E-state index contributed by atoms with van der Waals surface area (Å²) < 4.78 is 2.00. The smallest absolute Gasteiger partial charge is 0.222 e. The highest BCUT2D eigenvalue weighted by Crippen LogP contribution is 2.13. The van der Waals surface area contributed by atoms with Crippen LogP contribution in [0.3, 0.4) is 0 Å². The van der Waals surface area contributed by atoms with E-state index in [0.717, 1.165) is 43.4 Å². The molecule has 24 heavy (non-hydrogen) atoms. The lowest BCUT2D eigenvalue weighted by atomic mass is 10.1. The molecule has 0 spiro atoms. The number of aromatic nitrogens is 3. The fourth-order valence-electron chi connectivity index (χ4n) is 2.59. The van der Waals surface area contributed by atoms with Crippen molar-refractivity contribution in [2.75, 3.05) is 20.1 Å². The Morgan fingerprint density at radius 3 is 2.79 bits per heavy atom. The summed E-state index contributed by atoms with van der Waals surface area (Å²) in [6.45, 7) is 7.85. The van der Waals surface area contributed by atoms with Gasteiger partial charge in [0.15, 0.2) is 11.8 Å². The van der Waals surface area contributed by atoms with Gasteiger partial charge in [0.25, 0.3) is 0 Å². The molecule has 0 radical (unpaired) electrons. The summed E-state index contributed by atoms with van der Waals surface area (Å²) in [5.41, 5.74) is 0. The first kappa shape index (κ1) is 18.2. The number of nitrogens with zero attached hydrogens (tertiary/aromatic N) is 4. The third-order valence-corrected chi connectivity index (χ3v) is 4.02. The van der Waals surface area contributed by atoms with Gasteiger partial charge in [-0.2, -0.15) is 5.10 Å². The average Bonchev–Trinajstić information content (AvgIpc) is 2.99. The Balaban J connectivity index is 1.76. The molecule has 3 N–H and O–H groups in total. The van der Waals surface area contributed by atoms with Crippen molar-refractivity contribution in [2.24, 2.45) is 10.9 Å². The number of rotatable bonds is 6. The molecular formula is C16H29N7O. The minimum atomic E-state index is 0.00886. The van der Waals surface area contributed by atoms with Gasteiger partial charge in [0.05, 0.1) is 6.54 Å². The van der Waals surface area contributed by atoms with Crippen molar-refractivity contribution >= 4 is 11.9 Å². The van der Waals surface area contributed by atoms with Gasteiger partial charge in [0.2, 0.25) is 5.91 Å². The van der Waals surface area contributed by atoms with Gasteiger partial charge < -0.3 is 16.0 Å². The Morgan fingerprint density at radius 1 is 1.38 bits per heavy atom. The molecule has 0 aromatic carbocycles. The first-order chi connectivity index (χ1) is 11.5. The average molecular weight is 335 g/mol. The second-order valence-corrected chi connectivity index (χ2v) is 6.30. The van der Waals surface area contributed by atoms with Crippen LogP contribution in [0.2, 0.25) is 0 Å². The molecule has 0 saturated heterocycles. The predicted molar refractivity (Wildman–Crippen MR) is 93.9 cm³/mol. The van der Waals surface area contributed by atoms with E-state index in [4.69, 9.17) is 0 Å². The van der Waals surface area contributed by atoms with Crippen LogP contribution < -0.4 is 16.0 Å². The molecule has 1 unspecified atom stereocenters. The standard InChI is InChI=1S/C16H29N7O/c1-5-13-21-14-7-6-12(10-23(14)22-13)20-16(17-4)19-9-8-18-15(24)11(2)3/h11-12H,5-10H2,1-4H3,(H,18,24)(H2,17,19,20). The fourth-order valence-corrected chi connectivity index (χ4v) is 2.59. The van der Waals surface area contributed by atoms with Gasteiger partial charge in [0.1, 0.15) is 5.82 Å². The van der Waals surface area contributed by atoms with Crippen LogP contribution in [0.5, 0.6) is 0 Å². The van der Waals surface area contributed by atoms with Gasteiger partial charge in [-0.05, 0) is 6.42 Å². The molecule has 0 saturated carbocycles. The molecule has 8 nitrogen and oxygen atoms in total. The normalized spacial score (nSPS) is 17.5. The number of aliphatic imine (C=N–C) groups is 1. The lowest BCUT2D eigenvalue weighted by Gasteiger charge is -2.25. The fraction of sp³-hybridized carbons (Fsp3) is 0.750. The zero-order valence-electron chi connectivity index (χ0n) is 15.1. The van der Waals surface area contributed by atoms with Crippen LogP contribution >= 0.6 is 0 Å². The van der Waals surface area contributed by atoms with Gasteiger partial charge in [-0.1, -0.05) is 20.8 Å². The second kappa shape index (κ2) is 8.65. The molecule has 1 aliphatic heterocycles. The van der Waals surface area contributed by atoms with E-state index in [1.165, 1.54) is 0 Å². The lowest BCUT2D eigenvalue weighted by molar-refractivity contribution is -0.123. The molecule has 1 atom stereocenters. The van der Waals surface area contributed by atoms with E-state index >= 15 is 0 Å². The number of fused-ring (bicyclic) bond motifs is 1. The maximum absolute atomic E-state index is 11.5. The zero-order chi connectivity index (χ0) is 17.5. The molecule has 134 valence electrons. The Labute approximate surface area is 143 Å². The number of nitrogens with one attached hydrogen (secondary N) is 3. The van der Waals surface area contributed by atoms with E-state index in [-0.39, 0.29) is 17.9 Å². The molecule has 1 aliphatic rings. The number of amides is 1. The van der Waals surface area contributed by atoms with Crippen molar-refractivity contribution in [2.45, 2.75) is 52.6 Å².